The number of alkyl halides is 9. The number of likely N-dealkylation sites (tertiary alicyclic amines) is 2. The van der Waals surface area contributed by atoms with Gasteiger partial charge < -0.3 is 14.5 Å². The molecule has 0 aromatic carbocycles. The Morgan fingerprint density at radius 3 is 2.00 bits per heavy atom. The first kappa shape index (κ1) is 27.2. The lowest BCUT2D eigenvalue weighted by Gasteiger charge is -2.45. The molecule has 0 N–H and O–H groups in total. The second-order valence-corrected chi connectivity index (χ2v) is 9.46. The Morgan fingerprint density at radius 1 is 0.892 bits per heavy atom. The van der Waals surface area contributed by atoms with E-state index in [9.17, 15) is 49.1 Å². The van der Waals surface area contributed by atoms with Crippen LogP contribution in [-0.4, -0.2) is 75.4 Å². The highest BCUT2D eigenvalue weighted by Gasteiger charge is 2.62. The van der Waals surface area contributed by atoms with E-state index >= 15 is 0 Å². The summed E-state index contributed by atoms with van der Waals surface area (Å²) in [7, 11) is 0. The molecule has 16 heteroatoms. The lowest BCUT2D eigenvalue weighted by atomic mass is 9.84. The van der Waals surface area contributed by atoms with Gasteiger partial charge in [-0.3, -0.25) is 4.79 Å². The number of hydrogen-bond acceptors (Lipinski definition) is 5. The number of carbonyl (C=O) groups excluding carboxylic acids is 2. The highest BCUT2D eigenvalue weighted by Crippen LogP contribution is 2.52. The van der Waals surface area contributed by atoms with E-state index in [0.29, 0.717) is 18.9 Å². The van der Waals surface area contributed by atoms with Crippen molar-refractivity contribution in [2.45, 2.75) is 74.1 Å². The molecule has 1 saturated carbocycles. The molecular formula is C21H21F9N4O3. The van der Waals surface area contributed by atoms with Gasteiger partial charge in [-0.2, -0.15) is 39.5 Å². The molecule has 2 amide bonds. The van der Waals surface area contributed by atoms with Gasteiger partial charge >= 0.3 is 24.6 Å². The van der Waals surface area contributed by atoms with Crippen LogP contribution >= 0.6 is 0 Å². The Bertz CT molecular complexity index is 1030. The quantitative estimate of drug-likeness (QED) is 0.516. The fraction of sp³-hybridized carbons (Fsp3) is 0.714. The van der Waals surface area contributed by atoms with Crippen molar-refractivity contribution in [1.82, 2.24) is 19.8 Å². The molecule has 0 bridgehead atoms. The standard InChI is InChI=1S/C21H21F9N4O3/c22-19(23,24)12-2-8-31-14(32-12)18(4-5-18)15(35)34-9-1-3-17(34)6-10-33(11-7-17)16(36)37-13(20(25,26)27)21(28,29)30/h2,8,13H,1,3-7,9-11H2. The molecule has 3 heterocycles. The summed E-state index contributed by atoms with van der Waals surface area (Å²) in [5, 5.41) is 0. The molecule has 2 aliphatic heterocycles. The summed E-state index contributed by atoms with van der Waals surface area (Å²) in [6.07, 6.45) is -20.0. The van der Waals surface area contributed by atoms with Gasteiger partial charge in [0.1, 0.15) is 16.9 Å². The molecule has 0 radical (unpaired) electrons. The molecule has 0 unspecified atom stereocenters. The molecular weight excluding hydrogens is 527 g/mol. The van der Waals surface area contributed by atoms with E-state index in [1.165, 1.54) is 4.90 Å². The van der Waals surface area contributed by atoms with Gasteiger partial charge in [-0.25, -0.2) is 14.8 Å². The summed E-state index contributed by atoms with van der Waals surface area (Å²) in [4.78, 5) is 35.4. The van der Waals surface area contributed by atoms with Crippen LogP contribution in [0.1, 0.15) is 50.0 Å². The van der Waals surface area contributed by atoms with Crippen LogP contribution in [0.4, 0.5) is 44.3 Å². The normalized spacial score (nSPS) is 21.5. The zero-order chi connectivity index (χ0) is 27.4. The van der Waals surface area contributed by atoms with Crippen molar-refractivity contribution in [3.63, 3.8) is 0 Å². The van der Waals surface area contributed by atoms with Crippen molar-refractivity contribution in [3.8, 4) is 0 Å². The Morgan fingerprint density at radius 2 is 1.49 bits per heavy atom. The Hall–Kier alpha value is -2.81. The number of hydrogen-bond donors (Lipinski definition) is 0. The highest BCUT2D eigenvalue weighted by molar-refractivity contribution is 5.91. The first-order valence-corrected chi connectivity index (χ1v) is 11.3. The smallest absolute Gasteiger partial charge is 0.426 e. The predicted octanol–water partition coefficient (Wildman–Crippen LogP) is 4.61. The highest BCUT2D eigenvalue weighted by atomic mass is 19.4. The van der Waals surface area contributed by atoms with Crippen molar-refractivity contribution in [1.29, 1.82) is 0 Å². The minimum atomic E-state index is -5.84. The zero-order valence-electron chi connectivity index (χ0n) is 19.0. The number of aromatic nitrogens is 2. The van der Waals surface area contributed by atoms with Gasteiger partial charge in [-0.05, 0) is 44.6 Å². The Kier molecular flexibility index (Phi) is 6.54. The lowest BCUT2D eigenvalue weighted by molar-refractivity contribution is -0.308. The summed E-state index contributed by atoms with van der Waals surface area (Å²) in [5.74, 6) is -0.727. The number of rotatable bonds is 3. The maximum absolute atomic E-state index is 13.6. The number of piperidine rings is 1. The Labute approximate surface area is 204 Å². The van der Waals surface area contributed by atoms with Crippen LogP contribution in [0.3, 0.4) is 0 Å². The molecule has 2 saturated heterocycles. The van der Waals surface area contributed by atoms with E-state index in [1.54, 1.807) is 0 Å². The largest absolute Gasteiger partial charge is 0.434 e. The fourth-order valence-electron chi connectivity index (χ4n) is 5.04. The van der Waals surface area contributed by atoms with Crippen LogP contribution in [0.2, 0.25) is 0 Å². The van der Waals surface area contributed by atoms with Crippen molar-refractivity contribution >= 4 is 12.0 Å². The van der Waals surface area contributed by atoms with E-state index in [-0.39, 0.29) is 51.1 Å². The first-order valence-electron chi connectivity index (χ1n) is 11.3. The predicted molar refractivity (Wildman–Crippen MR) is 105 cm³/mol. The van der Waals surface area contributed by atoms with E-state index in [0.717, 1.165) is 11.1 Å². The average molecular weight is 548 g/mol. The molecule has 4 rings (SSSR count). The SMILES string of the molecule is O=C(OC(C(F)(F)F)C(F)(F)F)N1CCC2(CCCN2C(=O)C2(c3nccc(C(F)(F)F)n3)CC2)CC1. The Balaban J connectivity index is 1.46. The van der Waals surface area contributed by atoms with Crippen LogP contribution < -0.4 is 0 Å². The van der Waals surface area contributed by atoms with Crippen LogP contribution in [0.15, 0.2) is 12.3 Å². The van der Waals surface area contributed by atoms with Crippen LogP contribution in [0.5, 0.6) is 0 Å². The third kappa shape index (κ3) is 5.15. The average Bonchev–Trinajstić information content (AvgIpc) is 3.52. The van der Waals surface area contributed by atoms with Crippen LogP contribution in [0, 0.1) is 0 Å². The second kappa shape index (κ2) is 8.89. The zero-order valence-corrected chi connectivity index (χ0v) is 19.0. The van der Waals surface area contributed by atoms with E-state index in [2.05, 4.69) is 14.7 Å². The van der Waals surface area contributed by atoms with Gasteiger partial charge in [0.05, 0.1) is 0 Å². The van der Waals surface area contributed by atoms with E-state index in [1.807, 2.05) is 0 Å². The fourth-order valence-corrected chi connectivity index (χ4v) is 5.04. The maximum atomic E-state index is 13.6. The molecule has 1 spiro atoms. The number of ether oxygens (including phenoxy) is 1. The molecule has 7 nitrogen and oxygen atoms in total. The number of nitrogens with zero attached hydrogens (tertiary/aromatic N) is 4. The summed E-state index contributed by atoms with van der Waals surface area (Å²) >= 11 is 0. The molecule has 1 aromatic heterocycles. The second-order valence-electron chi connectivity index (χ2n) is 9.46. The number of amides is 2. The molecule has 206 valence electrons. The summed E-state index contributed by atoms with van der Waals surface area (Å²) in [6.45, 7) is -0.273. The molecule has 3 fully saturated rings. The first-order chi connectivity index (χ1) is 17.0. The number of carbonyl (C=O) groups is 2. The topological polar surface area (TPSA) is 75.6 Å². The van der Waals surface area contributed by atoms with Gasteiger partial charge in [-0.1, -0.05) is 0 Å². The van der Waals surface area contributed by atoms with Crippen molar-refractivity contribution in [2.75, 3.05) is 19.6 Å². The molecule has 3 aliphatic rings. The summed E-state index contributed by atoms with van der Waals surface area (Å²) in [6, 6.07) is 0.693. The monoisotopic (exact) mass is 548 g/mol. The third-order valence-electron chi connectivity index (χ3n) is 7.14. The molecule has 1 aromatic rings. The maximum Gasteiger partial charge on any atom is 0.434 e. The van der Waals surface area contributed by atoms with Crippen molar-refractivity contribution in [3.05, 3.63) is 23.8 Å². The lowest BCUT2D eigenvalue weighted by Crippen LogP contribution is -2.57. The van der Waals surface area contributed by atoms with E-state index < -0.39 is 53.3 Å². The van der Waals surface area contributed by atoms with Crippen molar-refractivity contribution < 1.29 is 53.8 Å². The minimum absolute atomic E-state index is 0.0517. The van der Waals surface area contributed by atoms with E-state index in [4.69, 9.17) is 0 Å². The third-order valence-corrected chi connectivity index (χ3v) is 7.14. The van der Waals surface area contributed by atoms with Crippen LogP contribution in [0.25, 0.3) is 0 Å². The van der Waals surface area contributed by atoms with Crippen LogP contribution in [-0.2, 0) is 21.1 Å². The van der Waals surface area contributed by atoms with Gasteiger partial charge in [0.2, 0.25) is 5.91 Å². The summed E-state index contributed by atoms with van der Waals surface area (Å²) in [5.41, 5.74) is -3.37. The van der Waals surface area contributed by atoms with Gasteiger partial charge in [0.15, 0.2) is 0 Å². The van der Waals surface area contributed by atoms with Gasteiger partial charge in [0.25, 0.3) is 6.10 Å². The summed E-state index contributed by atoms with van der Waals surface area (Å²) < 4.78 is 120. The van der Waals surface area contributed by atoms with Gasteiger partial charge in [-0.15, -0.1) is 0 Å². The van der Waals surface area contributed by atoms with Crippen molar-refractivity contribution in [2.24, 2.45) is 0 Å². The molecule has 1 aliphatic carbocycles. The molecule has 0 atom stereocenters. The molecule has 37 heavy (non-hydrogen) atoms. The number of halogens is 9. The van der Waals surface area contributed by atoms with Gasteiger partial charge in [0, 0.05) is 31.4 Å². The minimum Gasteiger partial charge on any atom is -0.426 e.